The van der Waals surface area contributed by atoms with Gasteiger partial charge < -0.3 is 10.2 Å². The maximum atomic E-state index is 11.4. The zero-order valence-electron chi connectivity index (χ0n) is 16.8. The van der Waals surface area contributed by atoms with Crippen molar-refractivity contribution < 1.29 is 10.2 Å². The van der Waals surface area contributed by atoms with Crippen LogP contribution in [0.25, 0.3) is 86.2 Å². The first-order valence-corrected chi connectivity index (χ1v) is 10.9. The molecular formula is C30H14O2. The van der Waals surface area contributed by atoms with Crippen LogP contribution >= 0.6 is 0 Å². The van der Waals surface area contributed by atoms with Gasteiger partial charge in [0.05, 0.1) is 0 Å². The molecule has 0 amide bonds. The molecular weight excluding hydrogens is 392 g/mol. The van der Waals surface area contributed by atoms with E-state index in [-0.39, 0.29) is 0 Å². The molecule has 0 spiro atoms. The lowest BCUT2D eigenvalue weighted by Gasteiger charge is -2.25. The van der Waals surface area contributed by atoms with Crippen LogP contribution in [-0.4, -0.2) is 10.2 Å². The van der Waals surface area contributed by atoms with E-state index in [0.717, 1.165) is 64.6 Å². The standard InChI is InChI=1S/C30H14O2/c31-29-17-5-1-3-15-16-4-2-6-18-24(16)28-26-20(30(18)32)12-10-14-8-7-13-9-11-19(29)25(21(13)22(14)26)27(28)23(15)17/h1-12,31-32H. The number of phenolic OH excluding ortho intramolecular Hbond substituents is 2. The smallest absolute Gasteiger partial charge is 0.131 e. The van der Waals surface area contributed by atoms with Crippen LogP contribution in [0.2, 0.25) is 0 Å². The molecule has 0 fully saturated rings. The van der Waals surface area contributed by atoms with Gasteiger partial charge in [-0.25, -0.2) is 0 Å². The first kappa shape index (κ1) is 15.5. The first-order chi connectivity index (χ1) is 15.7. The Bertz CT molecular complexity index is 2040. The lowest BCUT2D eigenvalue weighted by atomic mass is 9.78. The number of rotatable bonds is 0. The summed E-state index contributed by atoms with van der Waals surface area (Å²) in [6.45, 7) is 0. The van der Waals surface area contributed by atoms with Gasteiger partial charge in [0.1, 0.15) is 11.5 Å². The van der Waals surface area contributed by atoms with Crippen LogP contribution in [0.3, 0.4) is 0 Å². The average Bonchev–Trinajstić information content (AvgIpc) is 2.84. The molecule has 32 heavy (non-hydrogen) atoms. The van der Waals surface area contributed by atoms with Crippen LogP contribution in [0, 0.1) is 0 Å². The zero-order valence-corrected chi connectivity index (χ0v) is 16.8. The quantitative estimate of drug-likeness (QED) is 0.197. The minimum atomic E-state index is 0.351. The molecule has 0 aliphatic heterocycles. The van der Waals surface area contributed by atoms with Crippen molar-refractivity contribution in [2.75, 3.05) is 0 Å². The van der Waals surface area contributed by atoms with Gasteiger partial charge in [0, 0.05) is 53.9 Å². The first-order valence-electron chi connectivity index (χ1n) is 10.9. The van der Waals surface area contributed by atoms with Crippen LogP contribution in [-0.2, 0) is 0 Å². The number of hydrogen-bond donors (Lipinski definition) is 2. The number of fused-ring (bicyclic) bond motifs is 1. The predicted molar refractivity (Wildman–Crippen MR) is 135 cm³/mol. The van der Waals surface area contributed by atoms with Gasteiger partial charge in [0.15, 0.2) is 0 Å². The van der Waals surface area contributed by atoms with Crippen LogP contribution in [0.1, 0.15) is 0 Å². The number of hydrogen-bond acceptors (Lipinski definition) is 2. The molecule has 0 radical (unpaired) electrons. The third-order valence-corrected chi connectivity index (χ3v) is 7.86. The van der Waals surface area contributed by atoms with E-state index in [1.54, 1.807) is 0 Å². The van der Waals surface area contributed by atoms with Crippen LogP contribution < -0.4 is 0 Å². The van der Waals surface area contributed by atoms with E-state index in [0.29, 0.717) is 11.5 Å². The van der Waals surface area contributed by atoms with Crippen molar-refractivity contribution in [2.45, 2.75) is 0 Å². The summed E-state index contributed by atoms with van der Waals surface area (Å²) in [4.78, 5) is 0. The zero-order chi connectivity index (χ0) is 20.9. The highest BCUT2D eigenvalue weighted by atomic mass is 16.3. The summed E-state index contributed by atoms with van der Waals surface area (Å²) in [5.41, 5.74) is 0. The number of benzene rings is 9. The molecule has 0 atom stereocenters. The van der Waals surface area contributed by atoms with Gasteiger partial charge in [0.25, 0.3) is 0 Å². The van der Waals surface area contributed by atoms with Crippen molar-refractivity contribution in [1.82, 2.24) is 0 Å². The maximum absolute atomic E-state index is 11.4. The molecule has 2 nitrogen and oxygen atoms in total. The lowest BCUT2D eigenvalue weighted by molar-refractivity contribution is 0.487. The van der Waals surface area contributed by atoms with Crippen molar-refractivity contribution in [3.63, 3.8) is 0 Å². The van der Waals surface area contributed by atoms with Gasteiger partial charge >= 0.3 is 0 Å². The van der Waals surface area contributed by atoms with Crippen molar-refractivity contribution in [2.24, 2.45) is 0 Å². The molecule has 0 saturated heterocycles. The molecule has 0 aliphatic carbocycles. The van der Waals surface area contributed by atoms with Crippen molar-refractivity contribution in [3.05, 3.63) is 72.8 Å². The molecule has 2 N–H and O–H groups in total. The van der Waals surface area contributed by atoms with Gasteiger partial charge in [-0.05, 0) is 44.5 Å². The van der Waals surface area contributed by atoms with Crippen LogP contribution in [0.15, 0.2) is 72.8 Å². The van der Waals surface area contributed by atoms with Crippen LogP contribution in [0.5, 0.6) is 11.5 Å². The van der Waals surface area contributed by atoms with Gasteiger partial charge in [0.2, 0.25) is 0 Å². The van der Waals surface area contributed by atoms with Crippen molar-refractivity contribution in [1.29, 1.82) is 0 Å². The summed E-state index contributed by atoms with van der Waals surface area (Å²) in [5, 5.41) is 40.2. The summed E-state index contributed by atoms with van der Waals surface area (Å²) in [6.07, 6.45) is 0. The molecule has 2 heteroatoms. The van der Waals surface area contributed by atoms with Gasteiger partial charge in [-0.3, -0.25) is 0 Å². The summed E-state index contributed by atoms with van der Waals surface area (Å²) in [6, 6.07) is 25.1. The highest BCUT2D eigenvalue weighted by Crippen LogP contribution is 2.56. The minimum Gasteiger partial charge on any atom is -0.507 e. The Morgan fingerprint density at radius 2 is 0.688 bits per heavy atom. The molecule has 9 aromatic carbocycles. The monoisotopic (exact) mass is 406 g/mol. The van der Waals surface area contributed by atoms with Gasteiger partial charge in [-0.1, -0.05) is 60.7 Å². The molecule has 9 aromatic rings. The summed E-state index contributed by atoms with van der Waals surface area (Å²) in [7, 11) is 0. The summed E-state index contributed by atoms with van der Waals surface area (Å²) in [5.74, 6) is 0.703. The highest BCUT2D eigenvalue weighted by molar-refractivity contribution is 6.52. The van der Waals surface area contributed by atoms with E-state index in [1.165, 1.54) is 21.5 Å². The molecule has 0 unspecified atom stereocenters. The number of phenols is 2. The molecule has 0 aromatic heterocycles. The highest BCUT2D eigenvalue weighted by Gasteiger charge is 2.27. The molecule has 0 aliphatic rings. The SMILES string of the molecule is Oc1c2cccc3c4cccc5c(O)c6ccc7ccc8ccc1c1c8c7c6c(c54)c1c23. The summed E-state index contributed by atoms with van der Waals surface area (Å²) < 4.78 is 0. The molecule has 146 valence electrons. The molecule has 0 bridgehead atoms. The Morgan fingerprint density at radius 3 is 1.16 bits per heavy atom. The Labute approximate surface area is 180 Å². The minimum absolute atomic E-state index is 0.351. The van der Waals surface area contributed by atoms with Crippen molar-refractivity contribution >= 4 is 86.2 Å². The van der Waals surface area contributed by atoms with Crippen LogP contribution in [0.4, 0.5) is 0 Å². The molecule has 0 saturated carbocycles. The summed E-state index contributed by atoms with van der Waals surface area (Å²) >= 11 is 0. The topological polar surface area (TPSA) is 40.5 Å². The van der Waals surface area contributed by atoms with E-state index in [2.05, 4.69) is 48.5 Å². The fraction of sp³-hybridized carbons (Fsp3) is 0. The van der Waals surface area contributed by atoms with Gasteiger partial charge in [-0.2, -0.15) is 0 Å². The van der Waals surface area contributed by atoms with Crippen molar-refractivity contribution in [3.8, 4) is 11.5 Å². The Hall–Kier alpha value is -4.30. The van der Waals surface area contributed by atoms with E-state index >= 15 is 0 Å². The second kappa shape index (κ2) is 4.63. The fourth-order valence-electron chi connectivity index (χ4n) is 6.67. The second-order valence-electron chi connectivity index (χ2n) is 9.14. The Kier molecular flexibility index (Phi) is 2.24. The van der Waals surface area contributed by atoms with E-state index in [4.69, 9.17) is 0 Å². The predicted octanol–water partition coefficient (Wildman–Crippen LogP) is 8.07. The maximum Gasteiger partial charge on any atom is 0.131 e. The second-order valence-corrected chi connectivity index (χ2v) is 9.14. The van der Waals surface area contributed by atoms with E-state index in [1.807, 2.05) is 24.3 Å². The van der Waals surface area contributed by atoms with E-state index < -0.39 is 0 Å². The fourth-order valence-corrected chi connectivity index (χ4v) is 6.67. The third-order valence-electron chi connectivity index (χ3n) is 7.86. The normalized spacial score (nSPS) is 13.2. The number of aromatic hydroxyl groups is 2. The third kappa shape index (κ3) is 1.38. The average molecular weight is 406 g/mol. The molecule has 9 rings (SSSR count). The molecule has 0 heterocycles. The largest absolute Gasteiger partial charge is 0.507 e. The Morgan fingerprint density at radius 1 is 0.312 bits per heavy atom. The van der Waals surface area contributed by atoms with Gasteiger partial charge in [-0.15, -0.1) is 0 Å². The lowest BCUT2D eigenvalue weighted by Crippen LogP contribution is -1.96. The van der Waals surface area contributed by atoms with E-state index in [9.17, 15) is 10.2 Å². The Balaban J connectivity index is 1.91.